The van der Waals surface area contributed by atoms with E-state index in [1.54, 1.807) is 0 Å². The Morgan fingerprint density at radius 3 is 2.68 bits per heavy atom. The lowest BCUT2D eigenvalue weighted by molar-refractivity contribution is 0.0711. The van der Waals surface area contributed by atoms with Crippen LogP contribution in [0.4, 0.5) is 0 Å². The number of aromatic amines is 1. The van der Waals surface area contributed by atoms with Crippen LogP contribution in [0, 0.1) is 6.92 Å². The number of carbonyl (C=O) groups excluding carboxylic acids is 1. The maximum absolute atomic E-state index is 12.7. The molecule has 22 heavy (non-hydrogen) atoms. The number of piperidine rings is 1. The monoisotopic (exact) mass is 300 g/mol. The van der Waals surface area contributed by atoms with Gasteiger partial charge in [0.25, 0.3) is 5.91 Å². The summed E-state index contributed by atoms with van der Waals surface area (Å²) >= 11 is 0. The van der Waals surface area contributed by atoms with Gasteiger partial charge >= 0.3 is 0 Å². The van der Waals surface area contributed by atoms with Gasteiger partial charge in [0.05, 0.1) is 11.9 Å². The van der Waals surface area contributed by atoms with Crippen LogP contribution >= 0.6 is 0 Å². The van der Waals surface area contributed by atoms with E-state index >= 15 is 0 Å². The zero-order chi connectivity index (χ0) is 15.1. The van der Waals surface area contributed by atoms with Crippen LogP contribution in [-0.4, -0.2) is 39.3 Å². The fourth-order valence-electron chi connectivity index (χ4n) is 3.39. The first kappa shape index (κ1) is 13.5. The molecule has 0 atom stereocenters. The molecule has 0 bridgehead atoms. The van der Waals surface area contributed by atoms with Crippen molar-refractivity contribution in [1.29, 1.82) is 0 Å². The molecule has 1 aliphatic heterocycles. The standard InChI is InChI=1S/C16H20N4O2/c1-10-13(8-17-18-10)11-4-6-20(7-5-11)16(21)14-9-22-19-15(14)12-2-3-12/h8-9,11-12H,2-7H2,1H3,(H,17,18). The highest BCUT2D eigenvalue weighted by molar-refractivity contribution is 5.95. The summed E-state index contributed by atoms with van der Waals surface area (Å²) in [5.74, 6) is 1.00. The van der Waals surface area contributed by atoms with E-state index in [0.717, 1.165) is 50.2 Å². The minimum Gasteiger partial charge on any atom is -0.364 e. The summed E-state index contributed by atoms with van der Waals surface area (Å²) in [4.78, 5) is 14.6. The molecule has 2 aliphatic rings. The molecule has 1 saturated carbocycles. The van der Waals surface area contributed by atoms with Crippen LogP contribution in [0.2, 0.25) is 0 Å². The predicted molar refractivity (Wildman–Crippen MR) is 79.7 cm³/mol. The van der Waals surface area contributed by atoms with Gasteiger partial charge in [-0.3, -0.25) is 9.89 Å². The molecule has 1 N–H and O–H groups in total. The number of hydrogen-bond donors (Lipinski definition) is 1. The molecule has 2 aromatic rings. The highest BCUT2D eigenvalue weighted by atomic mass is 16.5. The normalized spacial score (nSPS) is 19.6. The lowest BCUT2D eigenvalue weighted by Crippen LogP contribution is -2.38. The van der Waals surface area contributed by atoms with Crippen molar-refractivity contribution in [1.82, 2.24) is 20.3 Å². The minimum absolute atomic E-state index is 0.0746. The van der Waals surface area contributed by atoms with Crippen molar-refractivity contribution in [2.45, 2.75) is 44.4 Å². The number of carbonyl (C=O) groups is 1. The van der Waals surface area contributed by atoms with E-state index in [1.807, 2.05) is 11.1 Å². The Balaban J connectivity index is 1.44. The van der Waals surface area contributed by atoms with Crippen LogP contribution in [0.1, 0.15) is 64.8 Å². The molecule has 0 unspecified atom stereocenters. The van der Waals surface area contributed by atoms with Crippen molar-refractivity contribution in [2.24, 2.45) is 0 Å². The largest absolute Gasteiger partial charge is 0.364 e. The van der Waals surface area contributed by atoms with E-state index < -0.39 is 0 Å². The average Bonchev–Trinajstić information content (AvgIpc) is 3.11. The Bertz CT molecular complexity index is 678. The second-order valence-electron chi connectivity index (χ2n) is 6.40. The van der Waals surface area contributed by atoms with Gasteiger partial charge in [-0.1, -0.05) is 5.16 Å². The molecule has 1 amide bonds. The third-order valence-electron chi connectivity index (χ3n) is 4.88. The van der Waals surface area contributed by atoms with Gasteiger partial charge in [-0.2, -0.15) is 5.10 Å². The van der Waals surface area contributed by atoms with Gasteiger partial charge in [0.2, 0.25) is 0 Å². The van der Waals surface area contributed by atoms with E-state index in [0.29, 0.717) is 17.4 Å². The Hall–Kier alpha value is -2.11. The van der Waals surface area contributed by atoms with Crippen molar-refractivity contribution < 1.29 is 9.32 Å². The summed E-state index contributed by atoms with van der Waals surface area (Å²) in [7, 11) is 0. The first-order valence-corrected chi connectivity index (χ1v) is 7.97. The fraction of sp³-hybridized carbons (Fsp3) is 0.562. The summed E-state index contributed by atoms with van der Waals surface area (Å²) < 4.78 is 5.04. The zero-order valence-electron chi connectivity index (χ0n) is 12.7. The van der Waals surface area contributed by atoms with E-state index in [2.05, 4.69) is 22.3 Å². The van der Waals surface area contributed by atoms with Gasteiger partial charge in [0, 0.05) is 24.7 Å². The summed E-state index contributed by atoms with van der Waals surface area (Å²) in [6, 6.07) is 0. The second kappa shape index (κ2) is 5.26. The number of nitrogens with zero attached hydrogens (tertiary/aromatic N) is 3. The van der Waals surface area contributed by atoms with Gasteiger partial charge in [-0.05, 0) is 44.1 Å². The molecule has 2 fully saturated rings. The lowest BCUT2D eigenvalue weighted by atomic mass is 9.89. The van der Waals surface area contributed by atoms with E-state index in [4.69, 9.17) is 4.52 Å². The molecule has 1 aliphatic carbocycles. The average molecular weight is 300 g/mol. The van der Waals surface area contributed by atoms with Crippen molar-refractivity contribution >= 4 is 5.91 Å². The van der Waals surface area contributed by atoms with Crippen LogP contribution in [0.3, 0.4) is 0 Å². The number of amides is 1. The minimum atomic E-state index is 0.0746. The molecule has 116 valence electrons. The Morgan fingerprint density at radius 2 is 2.05 bits per heavy atom. The number of aromatic nitrogens is 3. The van der Waals surface area contributed by atoms with Crippen molar-refractivity contribution in [3.05, 3.63) is 35.0 Å². The zero-order valence-corrected chi connectivity index (χ0v) is 12.7. The third-order valence-corrected chi connectivity index (χ3v) is 4.88. The number of rotatable bonds is 3. The van der Waals surface area contributed by atoms with Crippen LogP contribution in [0.25, 0.3) is 0 Å². The number of aryl methyl sites for hydroxylation is 1. The van der Waals surface area contributed by atoms with E-state index in [9.17, 15) is 4.79 Å². The summed E-state index contributed by atoms with van der Waals surface area (Å²) in [6.07, 6.45) is 7.64. The maximum Gasteiger partial charge on any atom is 0.259 e. The highest BCUT2D eigenvalue weighted by Crippen LogP contribution is 2.41. The number of hydrogen-bond acceptors (Lipinski definition) is 4. The first-order chi connectivity index (χ1) is 10.7. The lowest BCUT2D eigenvalue weighted by Gasteiger charge is -2.31. The van der Waals surface area contributed by atoms with E-state index in [1.165, 1.54) is 11.8 Å². The van der Waals surface area contributed by atoms with Crippen LogP contribution < -0.4 is 0 Å². The molecule has 0 aromatic carbocycles. The van der Waals surface area contributed by atoms with Crippen LogP contribution in [0.15, 0.2) is 17.0 Å². The SMILES string of the molecule is Cc1[nH]ncc1C1CCN(C(=O)c2conc2C2CC2)CC1. The fourth-order valence-corrected chi connectivity index (χ4v) is 3.39. The number of likely N-dealkylation sites (tertiary alicyclic amines) is 1. The van der Waals surface area contributed by atoms with Crippen LogP contribution in [-0.2, 0) is 0 Å². The molecule has 6 heteroatoms. The topological polar surface area (TPSA) is 75.0 Å². The second-order valence-corrected chi connectivity index (χ2v) is 6.40. The van der Waals surface area contributed by atoms with Gasteiger partial charge < -0.3 is 9.42 Å². The Morgan fingerprint density at radius 1 is 1.27 bits per heavy atom. The molecule has 0 radical (unpaired) electrons. The summed E-state index contributed by atoms with van der Waals surface area (Å²) in [5.41, 5.74) is 3.95. The molecule has 2 aromatic heterocycles. The van der Waals surface area contributed by atoms with Gasteiger partial charge in [-0.25, -0.2) is 0 Å². The third kappa shape index (κ3) is 2.32. The molecule has 1 saturated heterocycles. The summed E-state index contributed by atoms with van der Waals surface area (Å²) in [5, 5.41) is 11.1. The quantitative estimate of drug-likeness (QED) is 0.945. The van der Waals surface area contributed by atoms with E-state index in [-0.39, 0.29) is 5.91 Å². The molecule has 4 rings (SSSR count). The molecule has 6 nitrogen and oxygen atoms in total. The highest BCUT2D eigenvalue weighted by Gasteiger charge is 2.34. The first-order valence-electron chi connectivity index (χ1n) is 7.97. The Kier molecular flexibility index (Phi) is 3.24. The molecule has 0 spiro atoms. The van der Waals surface area contributed by atoms with Gasteiger partial charge in [0.15, 0.2) is 0 Å². The molecule has 3 heterocycles. The van der Waals surface area contributed by atoms with Crippen LogP contribution in [0.5, 0.6) is 0 Å². The van der Waals surface area contributed by atoms with Gasteiger partial charge in [-0.15, -0.1) is 0 Å². The predicted octanol–water partition coefficient (Wildman–Crippen LogP) is 2.60. The van der Waals surface area contributed by atoms with Crippen molar-refractivity contribution in [3.63, 3.8) is 0 Å². The van der Waals surface area contributed by atoms with Gasteiger partial charge in [0.1, 0.15) is 11.8 Å². The maximum atomic E-state index is 12.7. The smallest absolute Gasteiger partial charge is 0.259 e. The molecular formula is C16H20N4O2. The van der Waals surface area contributed by atoms with Crippen molar-refractivity contribution in [2.75, 3.05) is 13.1 Å². The molecular weight excluding hydrogens is 280 g/mol. The van der Waals surface area contributed by atoms with Crippen molar-refractivity contribution in [3.8, 4) is 0 Å². The number of H-pyrrole nitrogens is 1. The number of nitrogens with one attached hydrogen (secondary N) is 1. The summed E-state index contributed by atoms with van der Waals surface area (Å²) in [6.45, 7) is 3.62. The Labute approximate surface area is 128 Å².